The summed E-state index contributed by atoms with van der Waals surface area (Å²) in [5, 5.41) is 5.53. The van der Waals surface area contributed by atoms with E-state index in [2.05, 4.69) is 218 Å². The highest BCUT2D eigenvalue weighted by Crippen LogP contribution is 2.65. The first-order valence-corrected chi connectivity index (χ1v) is 26.6. The fourth-order valence-corrected chi connectivity index (χ4v) is 15.1. The maximum atomic E-state index is 3.06. The molecule has 1 saturated carbocycles. The van der Waals surface area contributed by atoms with Gasteiger partial charge in [-0.2, -0.15) is 0 Å². The third-order valence-electron chi connectivity index (χ3n) is 19.4. The monoisotopic (exact) mass is 914 g/mol. The molecule has 2 atom stereocenters. The minimum Gasteiger partial charge on any atom is -0.400 e. The molecule has 2 aromatic heterocycles. The first-order chi connectivity index (χ1) is 33.2. The van der Waals surface area contributed by atoms with E-state index in [0.29, 0.717) is 0 Å². The van der Waals surface area contributed by atoms with Crippen LogP contribution in [0, 0.1) is 0 Å². The van der Waals surface area contributed by atoms with E-state index in [1.165, 1.54) is 142 Å². The van der Waals surface area contributed by atoms with E-state index >= 15 is 0 Å². The number of para-hydroxylation sites is 1. The van der Waals surface area contributed by atoms with Crippen LogP contribution in [0.4, 0.5) is 5.69 Å². The summed E-state index contributed by atoms with van der Waals surface area (Å²) in [5.74, 6) is 0. The lowest BCUT2D eigenvalue weighted by molar-refractivity contribution is 0.200. The predicted molar refractivity (Wildman–Crippen MR) is 300 cm³/mol. The minimum absolute atomic E-state index is 0.0134. The number of benzene rings is 7. The Kier molecular flexibility index (Phi) is 8.26. The lowest BCUT2D eigenvalue weighted by Crippen LogP contribution is -2.70. The number of hydrogen-bond acceptors (Lipinski definition) is 1. The van der Waals surface area contributed by atoms with Crippen molar-refractivity contribution in [3.05, 3.63) is 149 Å². The van der Waals surface area contributed by atoms with Gasteiger partial charge in [-0.25, -0.2) is 0 Å². The van der Waals surface area contributed by atoms with Crippen molar-refractivity contribution in [3.63, 3.8) is 0 Å². The van der Waals surface area contributed by atoms with E-state index in [4.69, 9.17) is 0 Å². The molecule has 0 amide bonds. The molecule has 0 spiro atoms. The molecule has 5 aliphatic rings. The molecule has 7 aromatic carbocycles. The molecule has 0 bridgehead atoms. The van der Waals surface area contributed by atoms with Crippen molar-refractivity contribution >= 4 is 67.1 Å². The Morgan fingerprint density at radius 3 is 1.84 bits per heavy atom. The summed E-state index contributed by atoms with van der Waals surface area (Å²) < 4.78 is 5.44. The van der Waals surface area contributed by atoms with Gasteiger partial charge in [0.1, 0.15) is 0 Å². The molecule has 3 aliphatic heterocycles. The van der Waals surface area contributed by atoms with Crippen molar-refractivity contribution < 1.29 is 0 Å². The quantitative estimate of drug-likeness (QED) is 0.158. The summed E-state index contributed by atoms with van der Waals surface area (Å²) in [6, 6.07) is 48.4. The molecule has 3 nitrogen and oxygen atoms in total. The first-order valence-electron chi connectivity index (χ1n) is 26.6. The number of rotatable bonds is 2. The van der Waals surface area contributed by atoms with Crippen LogP contribution in [-0.4, -0.2) is 21.5 Å². The van der Waals surface area contributed by atoms with Gasteiger partial charge in [-0.05, 0) is 159 Å². The standard InChI is InChI=1S/C66H68BN3/c1-61(2,3)41-25-26-53-44(33-41)48-36-49-46-34-42(62(4,5)6)35-55-57(46)67(70-60(49)56(65(11)27-19-20-28-66(65,70)12)59(48)68(53)43-23-17-14-18-24-43)52-32-40(39-21-15-13-16-22-39)31-47-45-37-50-51(38-54(45)69(55)58(47)52)64(9,10)30-29-63(50,7)8/h13-18,21-26,31-38H,19-20,27-30H2,1-12H3. The fourth-order valence-electron chi connectivity index (χ4n) is 15.1. The van der Waals surface area contributed by atoms with E-state index < -0.39 is 0 Å². The fraction of sp³-hybridized carbons (Fsp3) is 0.364. The molecule has 2 aliphatic carbocycles. The van der Waals surface area contributed by atoms with Gasteiger partial charge >= 0.3 is 6.85 Å². The smallest absolute Gasteiger partial charge is 0.328 e. The number of anilines is 1. The van der Waals surface area contributed by atoms with Crippen LogP contribution in [0.2, 0.25) is 0 Å². The Hall–Kier alpha value is -6.00. The minimum atomic E-state index is -0.149. The Balaban J connectivity index is 1.21. The van der Waals surface area contributed by atoms with Crippen LogP contribution in [0.3, 0.4) is 0 Å². The van der Waals surface area contributed by atoms with Gasteiger partial charge in [0.05, 0.1) is 22.1 Å². The maximum absolute atomic E-state index is 3.06. The van der Waals surface area contributed by atoms with Crippen LogP contribution in [0.15, 0.2) is 121 Å². The van der Waals surface area contributed by atoms with E-state index in [9.17, 15) is 0 Å². The van der Waals surface area contributed by atoms with E-state index in [1.807, 2.05) is 0 Å². The van der Waals surface area contributed by atoms with Crippen molar-refractivity contribution in [1.29, 1.82) is 0 Å². The van der Waals surface area contributed by atoms with E-state index in [-0.39, 0.29) is 39.5 Å². The van der Waals surface area contributed by atoms with Crippen LogP contribution < -0.4 is 15.7 Å². The summed E-state index contributed by atoms with van der Waals surface area (Å²) >= 11 is 0. The van der Waals surface area contributed by atoms with Gasteiger partial charge in [0.25, 0.3) is 0 Å². The average Bonchev–Trinajstić information content (AvgIpc) is 3.91. The normalized spacial score (nSPS) is 21.7. The Bertz CT molecular complexity index is 3770. The highest BCUT2D eigenvalue weighted by atomic mass is 15.2. The lowest BCUT2D eigenvalue weighted by atomic mass is 9.42. The molecule has 14 rings (SSSR count). The van der Waals surface area contributed by atoms with Crippen LogP contribution in [0.5, 0.6) is 0 Å². The number of aromatic nitrogens is 2. The second-order valence-electron chi connectivity index (χ2n) is 26.3. The molecular weight excluding hydrogens is 846 g/mol. The largest absolute Gasteiger partial charge is 0.400 e. The van der Waals surface area contributed by atoms with Crippen molar-refractivity contribution in [3.8, 4) is 33.6 Å². The first kappa shape index (κ1) is 42.8. The molecule has 9 aromatic rings. The average molecular weight is 914 g/mol. The molecule has 5 heterocycles. The van der Waals surface area contributed by atoms with Crippen molar-refractivity contribution in [2.75, 3.05) is 4.81 Å². The second kappa shape index (κ2) is 13.5. The van der Waals surface area contributed by atoms with Crippen molar-refractivity contribution in [1.82, 2.24) is 9.13 Å². The summed E-state index contributed by atoms with van der Waals surface area (Å²) in [7, 11) is 0. The van der Waals surface area contributed by atoms with Gasteiger partial charge in [0, 0.05) is 60.7 Å². The van der Waals surface area contributed by atoms with Gasteiger partial charge in [-0.3, -0.25) is 0 Å². The summed E-state index contributed by atoms with van der Waals surface area (Å²) in [6.07, 6.45) is 7.17. The van der Waals surface area contributed by atoms with Crippen molar-refractivity contribution in [2.45, 2.75) is 154 Å². The van der Waals surface area contributed by atoms with Crippen LogP contribution in [0.25, 0.3) is 77.2 Å². The maximum Gasteiger partial charge on any atom is 0.328 e. The molecule has 350 valence electrons. The van der Waals surface area contributed by atoms with Gasteiger partial charge in [-0.1, -0.05) is 156 Å². The molecule has 0 radical (unpaired) electrons. The molecule has 4 heteroatoms. The summed E-state index contributed by atoms with van der Waals surface area (Å²) in [5.41, 5.74) is 25.2. The highest BCUT2D eigenvalue weighted by molar-refractivity contribution is 6.93. The summed E-state index contributed by atoms with van der Waals surface area (Å²) in [6.45, 7) is 29.7. The van der Waals surface area contributed by atoms with Gasteiger partial charge in [0.2, 0.25) is 0 Å². The Labute approximate surface area is 416 Å². The van der Waals surface area contributed by atoms with E-state index in [1.54, 1.807) is 5.56 Å². The Morgan fingerprint density at radius 2 is 1.14 bits per heavy atom. The molecular formula is C66H68BN3. The van der Waals surface area contributed by atoms with Crippen LogP contribution >= 0.6 is 0 Å². The Morgan fingerprint density at radius 1 is 0.500 bits per heavy atom. The number of nitrogens with zero attached hydrogens (tertiary/aromatic N) is 3. The zero-order chi connectivity index (χ0) is 48.4. The zero-order valence-corrected chi connectivity index (χ0v) is 43.7. The second-order valence-corrected chi connectivity index (χ2v) is 26.3. The van der Waals surface area contributed by atoms with Gasteiger partial charge in [-0.15, -0.1) is 0 Å². The topological polar surface area (TPSA) is 13.1 Å². The molecule has 2 unspecified atom stereocenters. The highest BCUT2D eigenvalue weighted by Gasteiger charge is 2.64. The third-order valence-corrected chi connectivity index (χ3v) is 19.4. The lowest BCUT2D eigenvalue weighted by Gasteiger charge is -2.54. The molecule has 70 heavy (non-hydrogen) atoms. The summed E-state index contributed by atoms with van der Waals surface area (Å²) in [4.78, 5) is 3.06. The molecule has 0 N–H and O–H groups in total. The van der Waals surface area contributed by atoms with Gasteiger partial charge < -0.3 is 13.9 Å². The molecule has 1 fully saturated rings. The predicted octanol–water partition coefficient (Wildman–Crippen LogP) is 16.0. The van der Waals surface area contributed by atoms with Gasteiger partial charge in [0.15, 0.2) is 0 Å². The number of hydrogen-bond donors (Lipinski definition) is 0. The molecule has 0 saturated heterocycles. The van der Waals surface area contributed by atoms with E-state index in [0.717, 1.165) is 12.8 Å². The van der Waals surface area contributed by atoms with Crippen LogP contribution in [0.1, 0.15) is 149 Å². The third kappa shape index (κ3) is 5.33. The van der Waals surface area contributed by atoms with Crippen molar-refractivity contribution in [2.24, 2.45) is 0 Å². The van der Waals surface area contributed by atoms with Crippen LogP contribution in [-0.2, 0) is 27.1 Å². The zero-order valence-electron chi connectivity index (χ0n) is 43.7. The SMILES string of the molecule is CC(C)(C)c1cc2c3c(c1)-n1c4cc5c(cc4c4cc(-c6ccccc6)cc(c41)B3N1c3c-2cc2c4cc(C(C)(C)C)ccc4n(-c4ccccc4)c2c3C2(C)CCCCC12C)C(C)(C)CCC5(C)C. The number of fused-ring (bicyclic) bond motifs is 15.